The highest BCUT2D eigenvalue weighted by molar-refractivity contribution is 5.51. The molecule has 0 unspecified atom stereocenters. The summed E-state index contributed by atoms with van der Waals surface area (Å²) in [4.78, 5) is 12.1. The summed E-state index contributed by atoms with van der Waals surface area (Å²) in [6, 6.07) is 0. The molecule has 0 radical (unpaired) electrons. The minimum Gasteiger partial charge on any atom is -0.356 e. The number of hydrogen-bond donors (Lipinski definition) is 0. The van der Waals surface area contributed by atoms with Gasteiger partial charge >= 0.3 is 0 Å². The van der Waals surface area contributed by atoms with E-state index in [0.29, 0.717) is 5.41 Å². The molecule has 19 heavy (non-hydrogen) atoms. The van der Waals surface area contributed by atoms with Gasteiger partial charge in [0.15, 0.2) is 0 Å². The zero-order valence-electron chi connectivity index (χ0n) is 11.9. The number of rotatable bonds is 1. The first-order valence-electron chi connectivity index (χ1n) is 7.87. The minimum absolute atomic E-state index is 0.665. The molecule has 3 nitrogen and oxygen atoms in total. The summed E-state index contributed by atoms with van der Waals surface area (Å²) in [5.74, 6) is 2.25. The molecule has 0 N–H and O–H groups in total. The van der Waals surface area contributed by atoms with E-state index in [-0.39, 0.29) is 0 Å². The van der Waals surface area contributed by atoms with Crippen LogP contribution >= 0.6 is 0 Å². The molecule has 1 spiro atoms. The third kappa shape index (κ3) is 2.03. The van der Waals surface area contributed by atoms with Crippen molar-refractivity contribution in [1.82, 2.24) is 9.97 Å². The Morgan fingerprint density at radius 2 is 1.84 bits per heavy atom. The van der Waals surface area contributed by atoms with E-state index < -0.39 is 0 Å². The van der Waals surface area contributed by atoms with Crippen molar-refractivity contribution in [1.29, 1.82) is 0 Å². The van der Waals surface area contributed by atoms with Crippen LogP contribution in [0, 0.1) is 12.3 Å². The highest BCUT2D eigenvalue weighted by Gasteiger charge is 2.46. The molecule has 1 saturated carbocycles. The van der Waals surface area contributed by atoms with Gasteiger partial charge in [-0.15, -0.1) is 0 Å². The lowest BCUT2D eigenvalue weighted by atomic mass is 9.92. The van der Waals surface area contributed by atoms with Crippen LogP contribution in [-0.4, -0.2) is 23.1 Å². The van der Waals surface area contributed by atoms with Gasteiger partial charge in [-0.25, -0.2) is 9.97 Å². The molecule has 3 aliphatic rings. The van der Waals surface area contributed by atoms with Crippen molar-refractivity contribution >= 4 is 5.82 Å². The number of piperidine rings is 1. The van der Waals surface area contributed by atoms with Crippen LogP contribution in [0.3, 0.4) is 0 Å². The zero-order valence-corrected chi connectivity index (χ0v) is 11.9. The van der Waals surface area contributed by atoms with Crippen LogP contribution in [0.2, 0.25) is 0 Å². The van der Waals surface area contributed by atoms with E-state index in [1.165, 1.54) is 75.1 Å². The SMILES string of the molecule is Cc1nc2c(c(N3CCCC4(CC4)C3)n1)CCCC2. The Bertz CT molecular complexity index is 505. The summed E-state index contributed by atoms with van der Waals surface area (Å²) < 4.78 is 0. The monoisotopic (exact) mass is 257 g/mol. The number of aryl methyl sites for hydroxylation is 2. The maximum Gasteiger partial charge on any atom is 0.135 e. The number of anilines is 1. The van der Waals surface area contributed by atoms with Gasteiger partial charge in [0.05, 0.1) is 0 Å². The average molecular weight is 257 g/mol. The van der Waals surface area contributed by atoms with Gasteiger partial charge in [-0.1, -0.05) is 0 Å². The van der Waals surface area contributed by atoms with Crippen LogP contribution in [0.25, 0.3) is 0 Å². The van der Waals surface area contributed by atoms with Crippen LogP contribution < -0.4 is 4.90 Å². The van der Waals surface area contributed by atoms with E-state index in [4.69, 9.17) is 4.98 Å². The van der Waals surface area contributed by atoms with Crippen molar-refractivity contribution in [3.8, 4) is 0 Å². The lowest BCUT2D eigenvalue weighted by molar-refractivity contribution is 0.392. The second-order valence-corrected chi connectivity index (χ2v) is 6.75. The van der Waals surface area contributed by atoms with E-state index in [1.807, 2.05) is 0 Å². The maximum atomic E-state index is 4.82. The van der Waals surface area contributed by atoms with Gasteiger partial charge in [0.2, 0.25) is 0 Å². The van der Waals surface area contributed by atoms with Crippen molar-refractivity contribution in [3.05, 3.63) is 17.1 Å². The van der Waals surface area contributed by atoms with Gasteiger partial charge in [0.25, 0.3) is 0 Å². The molecule has 102 valence electrons. The number of nitrogens with zero attached hydrogens (tertiary/aromatic N) is 3. The quantitative estimate of drug-likeness (QED) is 0.774. The summed E-state index contributed by atoms with van der Waals surface area (Å²) in [7, 11) is 0. The topological polar surface area (TPSA) is 29.0 Å². The van der Waals surface area contributed by atoms with E-state index in [0.717, 1.165) is 12.2 Å². The van der Waals surface area contributed by atoms with Gasteiger partial charge in [-0.05, 0) is 63.7 Å². The average Bonchev–Trinajstić information content (AvgIpc) is 3.17. The maximum absolute atomic E-state index is 4.82. The molecule has 2 aliphatic carbocycles. The molecule has 1 saturated heterocycles. The van der Waals surface area contributed by atoms with E-state index in [2.05, 4.69) is 16.8 Å². The first kappa shape index (κ1) is 11.7. The third-order valence-electron chi connectivity index (χ3n) is 5.19. The molecular weight excluding hydrogens is 234 g/mol. The van der Waals surface area contributed by atoms with Gasteiger partial charge in [0, 0.05) is 24.3 Å². The van der Waals surface area contributed by atoms with Crippen LogP contribution in [-0.2, 0) is 12.8 Å². The highest BCUT2D eigenvalue weighted by Crippen LogP contribution is 2.52. The fourth-order valence-electron chi connectivity index (χ4n) is 3.93. The molecule has 0 aromatic carbocycles. The molecule has 2 fully saturated rings. The fraction of sp³-hybridized carbons (Fsp3) is 0.750. The van der Waals surface area contributed by atoms with Gasteiger partial charge in [0.1, 0.15) is 11.6 Å². The fourth-order valence-corrected chi connectivity index (χ4v) is 3.93. The van der Waals surface area contributed by atoms with Crippen LogP contribution in [0.15, 0.2) is 0 Å². The number of aromatic nitrogens is 2. The molecule has 4 rings (SSSR count). The Balaban J connectivity index is 1.71. The largest absolute Gasteiger partial charge is 0.356 e. The van der Waals surface area contributed by atoms with Gasteiger partial charge in [-0.2, -0.15) is 0 Å². The standard InChI is InChI=1S/C16H23N3/c1-12-17-14-6-3-2-5-13(14)15(18-12)19-10-4-7-16(11-19)8-9-16/h2-11H2,1H3. The predicted octanol–water partition coefficient (Wildman–Crippen LogP) is 3.04. The minimum atomic E-state index is 0.665. The molecule has 1 aromatic heterocycles. The smallest absolute Gasteiger partial charge is 0.135 e. The summed E-state index contributed by atoms with van der Waals surface area (Å²) in [5.41, 5.74) is 3.47. The molecule has 3 heteroatoms. The molecule has 2 heterocycles. The Morgan fingerprint density at radius 3 is 2.68 bits per heavy atom. The summed E-state index contributed by atoms with van der Waals surface area (Å²) in [6.45, 7) is 4.50. The predicted molar refractivity (Wildman–Crippen MR) is 76.5 cm³/mol. The molecule has 0 amide bonds. The first-order valence-corrected chi connectivity index (χ1v) is 7.87. The van der Waals surface area contributed by atoms with E-state index >= 15 is 0 Å². The van der Waals surface area contributed by atoms with Crippen molar-refractivity contribution < 1.29 is 0 Å². The van der Waals surface area contributed by atoms with Gasteiger partial charge < -0.3 is 4.90 Å². The first-order chi connectivity index (χ1) is 9.26. The second kappa shape index (κ2) is 4.19. The Labute approximate surface area is 115 Å². The molecule has 1 aliphatic heterocycles. The number of hydrogen-bond acceptors (Lipinski definition) is 3. The van der Waals surface area contributed by atoms with Crippen molar-refractivity contribution in [3.63, 3.8) is 0 Å². The lowest BCUT2D eigenvalue weighted by Gasteiger charge is -2.36. The third-order valence-corrected chi connectivity index (χ3v) is 5.19. The van der Waals surface area contributed by atoms with Crippen molar-refractivity contribution in [2.45, 2.75) is 58.3 Å². The zero-order chi connectivity index (χ0) is 12.9. The van der Waals surface area contributed by atoms with Crippen LogP contribution in [0.4, 0.5) is 5.82 Å². The highest BCUT2D eigenvalue weighted by atomic mass is 15.2. The number of fused-ring (bicyclic) bond motifs is 1. The van der Waals surface area contributed by atoms with Crippen molar-refractivity contribution in [2.24, 2.45) is 5.41 Å². The summed E-state index contributed by atoms with van der Waals surface area (Å²) in [6.07, 6.45) is 10.6. The molecule has 0 atom stereocenters. The Morgan fingerprint density at radius 1 is 1.00 bits per heavy atom. The summed E-state index contributed by atoms with van der Waals surface area (Å²) in [5, 5.41) is 0. The van der Waals surface area contributed by atoms with Crippen LogP contribution in [0.1, 0.15) is 55.6 Å². The summed E-state index contributed by atoms with van der Waals surface area (Å²) >= 11 is 0. The van der Waals surface area contributed by atoms with Crippen molar-refractivity contribution in [2.75, 3.05) is 18.0 Å². The van der Waals surface area contributed by atoms with E-state index in [1.54, 1.807) is 0 Å². The second-order valence-electron chi connectivity index (χ2n) is 6.75. The van der Waals surface area contributed by atoms with Gasteiger partial charge in [-0.3, -0.25) is 0 Å². The normalized spacial score (nSPS) is 24.4. The molecular formula is C16H23N3. The Hall–Kier alpha value is -1.12. The Kier molecular flexibility index (Phi) is 2.58. The molecule has 1 aromatic rings. The lowest BCUT2D eigenvalue weighted by Crippen LogP contribution is -2.38. The molecule has 0 bridgehead atoms. The van der Waals surface area contributed by atoms with E-state index in [9.17, 15) is 0 Å². The van der Waals surface area contributed by atoms with Crippen LogP contribution in [0.5, 0.6) is 0 Å².